The van der Waals surface area contributed by atoms with E-state index in [0.717, 1.165) is 10.5 Å². The number of urea groups is 1. The zero-order valence-corrected chi connectivity index (χ0v) is 18.3. The van der Waals surface area contributed by atoms with Crippen LogP contribution < -0.4 is 15.0 Å². The summed E-state index contributed by atoms with van der Waals surface area (Å²) in [5.74, 6) is -2.01. The molecule has 0 saturated carbocycles. The molecule has 0 bridgehead atoms. The second-order valence-electron chi connectivity index (χ2n) is 7.30. The summed E-state index contributed by atoms with van der Waals surface area (Å²) >= 11 is 5.97. The first kappa shape index (κ1) is 22.8. The highest BCUT2D eigenvalue weighted by molar-refractivity contribution is 6.39. The summed E-state index contributed by atoms with van der Waals surface area (Å²) in [6, 6.07) is 18.3. The number of carbonyl (C=O) groups is 4. The number of nitrogens with zero attached hydrogens (tertiary/aromatic N) is 1. The maximum atomic E-state index is 12.9. The van der Waals surface area contributed by atoms with Gasteiger partial charge in [0.1, 0.15) is 17.9 Å². The van der Waals surface area contributed by atoms with Gasteiger partial charge < -0.3 is 9.84 Å². The van der Waals surface area contributed by atoms with Crippen LogP contribution >= 0.6 is 11.6 Å². The quantitative estimate of drug-likeness (QED) is 0.405. The van der Waals surface area contributed by atoms with E-state index in [-0.39, 0.29) is 23.4 Å². The Balaban J connectivity index is 1.48. The predicted molar refractivity (Wildman–Crippen MR) is 125 cm³/mol. The molecule has 2 N–H and O–H groups in total. The van der Waals surface area contributed by atoms with Crippen LogP contribution in [0.5, 0.6) is 5.75 Å². The Kier molecular flexibility index (Phi) is 6.42. The predicted octanol–water partition coefficient (Wildman–Crippen LogP) is 4.28. The van der Waals surface area contributed by atoms with Gasteiger partial charge in [0.15, 0.2) is 0 Å². The molecule has 0 radical (unpaired) electrons. The van der Waals surface area contributed by atoms with Gasteiger partial charge in [-0.3, -0.25) is 14.9 Å². The molecule has 8 nitrogen and oxygen atoms in total. The van der Waals surface area contributed by atoms with Crippen LogP contribution in [0.4, 0.5) is 10.5 Å². The SMILES string of the molecule is O=C1NC(=O)N(c2cccc(Cl)c2)C(=O)/C1=C/c1ccc(OCc2ccc(C(=O)O)cc2)cc1. The number of carbonyl (C=O) groups excluding carboxylic acids is 3. The molecule has 1 aliphatic rings. The Hall–Kier alpha value is -4.43. The number of carboxylic acid groups (broad SMARTS) is 1. The van der Waals surface area contributed by atoms with Crippen LogP contribution in [-0.2, 0) is 16.2 Å². The van der Waals surface area contributed by atoms with E-state index in [1.165, 1.54) is 30.3 Å². The van der Waals surface area contributed by atoms with E-state index < -0.39 is 23.8 Å². The van der Waals surface area contributed by atoms with Crippen LogP contribution in [-0.4, -0.2) is 28.9 Å². The average molecular weight is 477 g/mol. The van der Waals surface area contributed by atoms with E-state index in [1.54, 1.807) is 48.5 Å². The van der Waals surface area contributed by atoms with Crippen molar-refractivity contribution in [3.63, 3.8) is 0 Å². The molecule has 170 valence electrons. The van der Waals surface area contributed by atoms with Crippen LogP contribution in [0.15, 0.2) is 78.4 Å². The first-order valence-electron chi connectivity index (χ1n) is 10.0. The van der Waals surface area contributed by atoms with Gasteiger partial charge in [0.2, 0.25) is 0 Å². The van der Waals surface area contributed by atoms with E-state index in [1.807, 2.05) is 0 Å². The van der Waals surface area contributed by atoms with Gasteiger partial charge in [-0.2, -0.15) is 0 Å². The molecule has 1 aliphatic heterocycles. The van der Waals surface area contributed by atoms with Gasteiger partial charge in [0, 0.05) is 5.02 Å². The van der Waals surface area contributed by atoms with Crippen molar-refractivity contribution in [3.8, 4) is 5.75 Å². The monoisotopic (exact) mass is 476 g/mol. The molecule has 0 atom stereocenters. The average Bonchev–Trinajstić information content (AvgIpc) is 2.81. The second-order valence-corrected chi connectivity index (χ2v) is 7.73. The standard InChI is InChI=1S/C25H17ClN2O6/c26-18-2-1-3-19(13-18)28-23(30)21(22(29)27-25(28)33)12-15-6-10-20(11-7-15)34-14-16-4-8-17(9-5-16)24(31)32/h1-13H,14H2,(H,31,32)(H,27,29,33)/b21-12+. The summed E-state index contributed by atoms with van der Waals surface area (Å²) < 4.78 is 5.70. The van der Waals surface area contributed by atoms with Crippen molar-refractivity contribution < 1.29 is 29.0 Å². The van der Waals surface area contributed by atoms with Gasteiger partial charge in [-0.25, -0.2) is 14.5 Å². The number of aromatic carboxylic acids is 1. The molecular weight excluding hydrogens is 460 g/mol. The molecule has 1 saturated heterocycles. The number of halogens is 1. The molecule has 9 heteroatoms. The summed E-state index contributed by atoms with van der Waals surface area (Å²) in [4.78, 5) is 49.3. The third-order valence-electron chi connectivity index (χ3n) is 4.97. The number of hydrogen-bond donors (Lipinski definition) is 2. The Morgan fingerprint density at radius 3 is 2.35 bits per heavy atom. The fourth-order valence-electron chi connectivity index (χ4n) is 3.24. The molecule has 1 fully saturated rings. The summed E-state index contributed by atoms with van der Waals surface area (Å²) in [6.45, 7) is 0.234. The normalized spacial score (nSPS) is 14.8. The van der Waals surface area contributed by atoms with Crippen LogP contribution in [0.1, 0.15) is 21.5 Å². The number of hydrogen-bond acceptors (Lipinski definition) is 5. The molecule has 3 aromatic rings. The van der Waals surface area contributed by atoms with Crippen molar-refractivity contribution in [2.24, 2.45) is 0 Å². The van der Waals surface area contributed by atoms with E-state index in [2.05, 4.69) is 5.32 Å². The molecule has 3 aromatic carbocycles. The highest BCUT2D eigenvalue weighted by atomic mass is 35.5. The number of rotatable bonds is 6. The fourth-order valence-corrected chi connectivity index (χ4v) is 3.43. The highest BCUT2D eigenvalue weighted by Crippen LogP contribution is 2.25. The van der Waals surface area contributed by atoms with Gasteiger partial charge >= 0.3 is 12.0 Å². The molecule has 34 heavy (non-hydrogen) atoms. The topological polar surface area (TPSA) is 113 Å². The maximum absolute atomic E-state index is 12.9. The number of ether oxygens (including phenoxy) is 1. The van der Waals surface area contributed by atoms with E-state index in [9.17, 15) is 19.2 Å². The minimum Gasteiger partial charge on any atom is -0.489 e. The molecule has 1 heterocycles. The van der Waals surface area contributed by atoms with Crippen LogP contribution in [0.3, 0.4) is 0 Å². The second kappa shape index (κ2) is 9.60. The summed E-state index contributed by atoms with van der Waals surface area (Å²) in [6.07, 6.45) is 1.38. The lowest BCUT2D eigenvalue weighted by molar-refractivity contribution is -0.122. The number of anilines is 1. The van der Waals surface area contributed by atoms with E-state index in [4.69, 9.17) is 21.4 Å². The lowest BCUT2D eigenvalue weighted by Gasteiger charge is -2.26. The number of nitrogens with one attached hydrogen (secondary N) is 1. The van der Waals surface area contributed by atoms with Crippen molar-refractivity contribution in [1.29, 1.82) is 0 Å². The minimum atomic E-state index is -0.998. The van der Waals surface area contributed by atoms with Crippen molar-refractivity contribution in [2.45, 2.75) is 6.61 Å². The number of carboxylic acids is 1. The Morgan fingerprint density at radius 1 is 1.00 bits per heavy atom. The summed E-state index contributed by atoms with van der Waals surface area (Å²) in [5, 5.41) is 11.5. The number of barbiturate groups is 1. The van der Waals surface area contributed by atoms with Crippen molar-refractivity contribution in [2.75, 3.05) is 4.90 Å². The Morgan fingerprint density at radius 2 is 1.71 bits per heavy atom. The highest BCUT2D eigenvalue weighted by Gasteiger charge is 2.36. The lowest BCUT2D eigenvalue weighted by Crippen LogP contribution is -2.54. The summed E-state index contributed by atoms with van der Waals surface area (Å²) in [5.41, 5.74) is 1.59. The van der Waals surface area contributed by atoms with Crippen molar-refractivity contribution in [3.05, 3.63) is 100 Å². The smallest absolute Gasteiger partial charge is 0.335 e. The zero-order valence-electron chi connectivity index (χ0n) is 17.5. The third-order valence-corrected chi connectivity index (χ3v) is 5.20. The number of amides is 4. The van der Waals surface area contributed by atoms with Gasteiger partial charge in [-0.05, 0) is 59.7 Å². The third kappa shape index (κ3) is 4.97. The molecule has 0 spiro atoms. The van der Waals surface area contributed by atoms with Crippen molar-refractivity contribution >= 4 is 47.2 Å². The first-order valence-corrected chi connectivity index (χ1v) is 10.4. The van der Waals surface area contributed by atoms with Crippen LogP contribution in [0, 0.1) is 0 Å². The first-order chi connectivity index (χ1) is 16.3. The van der Waals surface area contributed by atoms with Crippen LogP contribution in [0.25, 0.3) is 6.08 Å². The minimum absolute atomic E-state index is 0.193. The molecule has 4 amide bonds. The molecule has 0 aromatic heterocycles. The number of benzene rings is 3. The van der Waals surface area contributed by atoms with Gasteiger partial charge in [0.25, 0.3) is 11.8 Å². The largest absolute Gasteiger partial charge is 0.489 e. The molecule has 0 unspecified atom stereocenters. The zero-order chi connectivity index (χ0) is 24.2. The van der Waals surface area contributed by atoms with Gasteiger partial charge in [0.05, 0.1) is 11.3 Å². The Labute approximate surface area is 199 Å². The summed E-state index contributed by atoms with van der Waals surface area (Å²) in [7, 11) is 0. The molecule has 4 rings (SSSR count). The van der Waals surface area contributed by atoms with Gasteiger partial charge in [-0.15, -0.1) is 0 Å². The van der Waals surface area contributed by atoms with Gasteiger partial charge in [-0.1, -0.05) is 41.9 Å². The van der Waals surface area contributed by atoms with E-state index >= 15 is 0 Å². The number of imide groups is 2. The lowest BCUT2D eigenvalue weighted by atomic mass is 10.1. The maximum Gasteiger partial charge on any atom is 0.335 e. The van der Waals surface area contributed by atoms with E-state index in [0.29, 0.717) is 16.3 Å². The van der Waals surface area contributed by atoms with Crippen LogP contribution in [0.2, 0.25) is 5.02 Å². The Bertz CT molecular complexity index is 1320. The van der Waals surface area contributed by atoms with Crippen molar-refractivity contribution in [1.82, 2.24) is 5.32 Å². The molecular formula is C25H17ClN2O6. The molecule has 0 aliphatic carbocycles. The fraction of sp³-hybridized carbons (Fsp3) is 0.0400.